The van der Waals surface area contributed by atoms with E-state index in [4.69, 9.17) is 16.3 Å². The molecule has 2 nitrogen and oxygen atoms in total. The average molecular weight is 200 g/mol. The Hall–Kier alpha value is 0.920. The summed E-state index contributed by atoms with van der Waals surface area (Å²) in [6, 6.07) is 0. The molecule has 0 saturated carbocycles. The summed E-state index contributed by atoms with van der Waals surface area (Å²) in [5, 5.41) is 0.385. The Morgan fingerprint density at radius 3 is 2.60 bits per heavy atom. The van der Waals surface area contributed by atoms with Crippen LogP contribution in [0.15, 0.2) is 0 Å². The van der Waals surface area contributed by atoms with Crippen molar-refractivity contribution in [3.8, 4) is 0 Å². The second-order valence-electron chi connectivity index (χ2n) is 1.98. The van der Waals surface area contributed by atoms with Crippen LogP contribution in [0, 0.1) is 0 Å². The highest BCUT2D eigenvalue weighted by Crippen LogP contribution is 2.57. The van der Waals surface area contributed by atoms with Gasteiger partial charge in [-0.25, -0.2) is 0 Å². The van der Waals surface area contributed by atoms with Gasteiger partial charge in [0.25, 0.3) is 0 Å². The van der Waals surface area contributed by atoms with Gasteiger partial charge in [0, 0.05) is 12.4 Å². The summed E-state index contributed by atoms with van der Waals surface area (Å²) >= 11 is 6.16. The zero-order chi connectivity index (χ0) is 8.20. The lowest BCUT2D eigenvalue weighted by atomic mass is 10.4. The van der Waals surface area contributed by atoms with Crippen LogP contribution in [0.2, 0.25) is 0 Å². The lowest BCUT2D eigenvalue weighted by Crippen LogP contribution is -1.92. The monoisotopic (exact) mass is 200 g/mol. The minimum atomic E-state index is -2.50. The third-order valence-electron chi connectivity index (χ3n) is 1.12. The molecule has 0 aromatic rings. The van der Waals surface area contributed by atoms with Crippen LogP contribution in [0.5, 0.6) is 0 Å². The van der Waals surface area contributed by atoms with Gasteiger partial charge in [0.05, 0.1) is 0 Å². The molecule has 62 valence electrons. The van der Waals surface area contributed by atoms with Crippen LogP contribution >= 0.6 is 17.1 Å². The Balaban J connectivity index is 3.77. The largest absolute Gasteiger partial charge is 0.337 e. The lowest BCUT2D eigenvalue weighted by molar-refractivity contribution is 0.404. The Labute approximate surface area is 71.3 Å². The van der Waals surface area contributed by atoms with Gasteiger partial charge in [-0.15, -0.1) is 0 Å². The fraction of sp³-hybridized carbons (Fsp3) is 1.00. The lowest BCUT2D eigenvalue weighted by Gasteiger charge is -2.15. The summed E-state index contributed by atoms with van der Waals surface area (Å²) in [4.78, 5) is 9.29. The van der Waals surface area contributed by atoms with Crippen molar-refractivity contribution in [2.24, 2.45) is 0 Å². The van der Waals surface area contributed by atoms with E-state index in [1.54, 1.807) is 0 Å². The second kappa shape index (κ2) is 4.73. The summed E-state index contributed by atoms with van der Waals surface area (Å²) in [6.07, 6.45) is 1.01. The van der Waals surface area contributed by atoms with Crippen LogP contribution in [0.4, 0.5) is 0 Å². The Morgan fingerprint density at radius 2 is 2.30 bits per heavy atom. The maximum atomic E-state index is 9.29. The molecule has 0 aromatic carbocycles. The molecule has 0 heterocycles. The van der Waals surface area contributed by atoms with E-state index in [0.29, 0.717) is 5.25 Å². The number of hydrogen-bond donors (Lipinski definition) is 1. The Bertz CT molecular complexity index is 140. The second-order valence-corrected chi connectivity index (χ2v) is 8.59. The number of hydrogen-bond acceptors (Lipinski definition) is 3. The standard InChI is InChI=1S/C5H13O2PS2/c1-4-5(2)10-8(6,9)7-3/h5H,4H2,1-3H3,(H,6,9). The van der Waals surface area contributed by atoms with Crippen molar-refractivity contribution in [3.63, 3.8) is 0 Å². The van der Waals surface area contributed by atoms with E-state index in [1.165, 1.54) is 18.5 Å². The fourth-order valence-electron chi connectivity index (χ4n) is 0.345. The van der Waals surface area contributed by atoms with Crippen molar-refractivity contribution in [2.45, 2.75) is 25.5 Å². The summed E-state index contributed by atoms with van der Waals surface area (Å²) in [7, 11) is 1.45. The van der Waals surface area contributed by atoms with Gasteiger partial charge >= 0.3 is 0 Å². The van der Waals surface area contributed by atoms with Crippen LogP contribution in [-0.4, -0.2) is 17.3 Å². The van der Waals surface area contributed by atoms with E-state index < -0.39 is 5.69 Å². The molecule has 0 aliphatic carbocycles. The SMILES string of the molecule is CCC(C)SP(O)(=S)OC. The first-order valence-electron chi connectivity index (χ1n) is 3.08. The molecule has 0 radical (unpaired) electrons. The van der Waals surface area contributed by atoms with Crippen molar-refractivity contribution in [2.75, 3.05) is 7.11 Å². The van der Waals surface area contributed by atoms with E-state index in [2.05, 4.69) is 6.92 Å². The van der Waals surface area contributed by atoms with E-state index in [9.17, 15) is 4.89 Å². The van der Waals surface area contributed by atoms with Gasteiger partial charge in [-0.2, -0.15) is 0 Å². The summed E-state index contributed by atoms with van der Waals surface area (Å²) in [5.74, 6) is 0. The normalized spacial score (nSPS) is 20.0. The van der Waals surface area contributed by atoms with Crippen molar-refractivity contribution in [3.05, 3.63) is 0 Å². The van der Waals surface area contributed by atoms with Crippen molar-refractivity contribution in [1.29, 1.82) is 0 Å². The minimum absolute atomic E-state index is 0.385. The van der Waals surface area contributed by atoms with Crippen LogP contribution in [0.1, 0.15) is 20.3 Å². The molecule has 0 bridgehead atoms. The first-order valence-corrected chi connectivity index (χ1v) is 7.24. The van der Waals surface area contributed by atoms with Gasteiger partial charge < -0.3 is 9.42 Å². The molecule has 0 aliphatic heterocycles. The summed E-state index contributed by atoms with van der Waals surface area (Å²) in [6.45, 7) is 4.09. The third-order valence-corrected chi connectivity index (χ3v) is 6.09. The third kappa shape index (κ3) is 4.69. The molecule has 0 aromatic heterocycles. The van der Waals surface area contributed by atoms with Gasteiger partial charge in [0.15, 0.2) is 0 Å². The highest BCUT2D eigenvalue weighted by molar-refractivity contribution is 8.67. The maximum absolute atomic E-state index is 9.29. The molecule has 2 atom stereocenters. The molecule has 0 fully saturated rings. The quantitative estimate of drug-likeness (QED) is 0.705. The molecule has 1 N–H and O–H groups in total. The summed E-state index contributed by atoms with van der Waals surface area (Å²) < 4.78 is 4.75. The zero-order valence-corrected chi connectivity index (χ0v) is 8.93. The zero-order valence-electron chi connectivity index (χ0n) is 6.40. The van der Waals surface area contributed by atoms with E-state index >= 15 is 0 Å². The molecule has 0 spiro atoms. The first kappa shape index (κ1) is 10.9. The highest BCUT2D eigenvalue weighted by atomic mass is 32.9. The van der Waals surface area contributed by atoms with Crippen molar-refractivity contribution in [1.82, 2.24) is 0 Å². The fourth-order valence-corrected chi connectivity index (χ4v) is 4.43. The molecule has 0 rings (SSSR count). The summed E-state index contributed by atoms with van der Waals surface area (Å²) in [5.41, 5.74) is -2.50. The minimum Gasteiger partial charge on any atom is -0.337 e. The highest BCUT2D eigenvalue weighted by Gasteiger charge is 2.15. The topological polar surface area (TPSA) is 29.5 Å². The van der Waals surface area contributed by atoms with Crippen LogP contribution in [0.25, 0.3) is 0 Å². The smallest absolute Gasteiger partial charge is 0.244 e. The average Bonchev–Trinajstić information content (AvgIpc) is 1.87. The van der Waals surface area contributed by atoms with Gasteiger partial charge in [0.2, 0.25) is 5.69 Å². The van der Waals surface area contributed by atoms with Gasteiger partial charge in [0.1, 0.15) is 0 Å². The molecule has 5 heteroatoms. The molecule has 10 heavy (non-hydrogen) atoms. The van der Waals surface area contributed by atoms with Crippen LogP contribution < -0.4 is 0 Å². The molecule has 2 unspecified atom stereocenters. The molecular weight excluding hydrogens is 187 g/mol. The predicted molar refractivity (Wildman–Crippen MR) is 50.9 cm³/mol. The van der Waals surface area contributed by atoms with E-state index in [1.807, 2.05) is 6.92 Å². The van der Waals surface area contributed by atoms with Crippen molar-refractivity contribution < 1.29 is 9.42 Å². The molecule has 0 amide bonds. The molecule has 0 aliphatic rings. The van der Waals surface area contributed by atoms with Crippen LogP contribution in [-0.2, 0) is 16.3 Å². The van der Waals surface area contributed by atoms with Gasteiger partial charge in [-0.1, -0.05) is 25.2 Å². The Kier molecular flexibility index (Phi) is 5.16. The van der Waals surface area contributed by atoms with E-state index in [-0.39, 0.29) is 0 Å². The maximum Gasteiger partial charge on any atom is 0.244 e. The Morgan fingerprint density at radius 1 is 1.80 bits per heavy atom. The van der Waals surface area contributed by atoms with Gasteiger partial charge in [-0.3, -0.25) is 0 Å². The first-order chi connectivity index (χ1) is 4.52. The van der Waals surface area contributed by atoms with Gasteiger partial charge in [-0.05, 0) is 18.2 Å². The predicted octanol–water partition coefficient (Wildman–Crippen LogP) is 2.38. The van der Waals surface area contributed by atoms with E-state index in [0.717, 1.165) is 6.42 Å². The molecule has 0 saturated heterocycles. The van der Waals surface area contributed by atoms with Crippen LogP contribution in [0.3, 0.4) is 0 Å². The molecular formula is C5H13O2PS2. The number of rotatable bonds is 4. The van der Waals surface area contributed by atoms with Crippen molar-refractivity contribution >= 4 is 28.9 Å².